The zero-order valence-electron chi connectivity index (χ0n) is 15.8. The number of hydrogen-bond acceptors (Lipinski definition) is 4. The lowest BCUT2D eigenvalue weighted by molar-refractivity contribution is -0.138. The summed E-state index contributed by atoms with van der Waals surface area (Å²) in [6.07, 6.45) is 3.79. The van der Waals surface area contributed by atoms with Gasteiger partial charge in [-0.15, -0.1) is 0 Å². The molecule has 0 saturated carbocycles. The third kappa shape index (κ3) is 3.76. The van der Waals surface area contributed by atoms with E-state index in [0.29, 0.717) is 13.0 Å². The highest BCUT2D eigenvalue weighted by molar-refractivity contribution is 5.82. The summed E-state index contributed by atoms with van der Waals surface area (Å²) in [5, 5.41) is 13.2. The summed E-state index contributed by atoms with van der Waals surface area (Å²) in [5.74, 6) is 0.135. The molecule has 146 valence electrons. The Kier molecular flexibility index (Phi) is 4.85. The Hall–Kier alpha value is -3.16. The minimum atomic E-state index is -0.918. The van der Waals surface area contributed by atoms with E-state index in [1.807, 2.05) is 36.1 Å². The first-order valence-corrected chi connectivity index (χ1v) is 9.46. The maximum Gasteiger partial charge on any atom is 0.325 e. The van der Waals surface area contributed by atoms with E-state index in [-0.39, 0.29) is 18.4 Å². The molecular weight excluding hydrogens is 358 g/mol. The predicted molar refractivity (Wildman–Crippen MR) is 103 cm³/mol. The van der Waals surface area contributed by atoms with Crippen LogP contribution in [0.25, 0.3) is 11.0 Å². The van der Waals surface area contributed by atoms with Crippen LogP contribution in [0.2, 0.25) is 0 Å². The van der Waals surface area contributed by atoms with E-state index in [9.17, 15) is 9.59 Å². The van der Waals surface area contributed by atoms with Gasteiger partial charge in [0, 0.05) is 30.9 Å². The number of rotatable bonds is 5. The molecule has 4 rings (SSSR count). The van der Waals surface area contributed by atoms with Crippen molar-refractivity contribution in [3.63, 3.8) is 0 Å². The minimum absolute atomic E-state index is 0.0876. The van der Waals surface area contributed by atoms with Gasteiger partial charge in [0.25, 0.3) is 0 Å². The number of imidazole rings is 1. The number of benzene rings is 1. The van der Waals surface area contributed by atoms with Gasteiger partial charge in [0.2, 0.25) is 5.91 Å². The van der Waals surface area contributed by atoms with E-state index in [2.05, 4.69) is 15.1 Å². The molecule has 0 spiro atoms. The molecule has 1 aliphatic heterocycles. The van der Waals surface area contributed by atoms with Gasteiger partial charge in [-0.3, -0.25) is 14.3 Å². The average molecular weight is 381 g/mol. The molecule has 1 fully saturated rings. The summed E-state index contributed by atoms with van der Waals surface area (Å²) in [5.41, 5.74) is 3.68. The normalized spacial score (nSPS) is 17.2. The van der Waals surface area contributed by atoms with Crippen LogP contribution in [0.3, 0.4) is 0 Å². The molecule has 8 nitrogen and oxygen atoms in total. The van der Waals surface area contributed by atoms with Gasteiger partial charge in [-0.25, -0.2) is 4.98 Å². The number of carboxylic acid groups (broad SMARTS) is 1. The number of carbonyl (C=O) groups excluding carboxylic acids is 1. The maximum atomic E-state index is 12.9. The number of carbonyl (C=O) groups is 2. The molecule has 1 saturated heterocycles. The van der Waals surface area contributed by atoms with Crippen LogP contribution in [0.1, 0.15) is 35.8 Å². The molecule has 3 aromatic rings. The van der Waals surface area contributed by atoms with Crippen molar-refractivity contribution in [1.82, 2.24) is 24.6 Å². The first kappa shape index (κ1) is 18.2. The van der Waals surface area contributed by atoms with E-state index in [0.717, 1.165) is 47.5 Å². The smallest absolute Gasteiger partial charge is 0.325 e. The third-order valence-corrected chi connectivity index (χ3v) is 5.25. The summed E-state index contributed by atoms with van der Waals surface area (Å²) in [4.78, 5) is 33.4. The number of amides is 1. The number of piperidine rings is 1. The number of carboxylic acids is 1. The largest absolute Gasteiger partial charge is 0.480 e. The lowest BCUT2D eigenvalue weighted by atomic mass is 9.94. The van der Waals surface area contributed by atoms with Crippen molar-refractivity contribution in [2.45, 2.75) is 38.6 Å². The second-order valence-corrected chi connectivity index (χ2v) is 7.34. The van der Waals surface area contributed by atoms with Crippen molar-refractivity contribution in [3.05, 3.63) is 47.5 Å². The van der Waals surface area contributed by atoms with E-state index >= 15 is 0 Å². The first-order chi connectivity index (χ1) is 13.5. The van der Waals surface area contributed by atoms with E-state index in [1.165, 1.54) is 4.68 Å². The van der Waals surface area contributed by atoms with Gasteiger partial charge in [0.15, 0.2) is 0 Å². The molecular formula is C20H23N5O3. The quantitative estimate of drug-likeness (QED) is 0.704. The second kappa shape index (κ2) is 7.46. The highest BCUT2D eigenvalue weighted by atomic mass is 16.4. The van der Waals surface area contributed by atoms with Crippen molar-refractivity contribution in [2.24, 2.45) is 0 Å². The van der Waals surface area contributed by atoms with Crippen molar-refractivity contribution < 1.29 is 14.7 Å². The van der Waals surface area contributed by atoms with Crippen LogP contribution in [-0.4, -0.2) is 54.7 Å². The summed E-state index contributed by atoms with van der Waals surface area (Å²) >= 11 is 0. The number of aromatic amines is 1. The third-order valence-electron chi connectivity index (χ3n) is 5.25. The molecule has 2 N–H and O–H groups in total. The van der Waals surface area contributed by atoms with Gasteiger partial charge in [0.05, 0.1) is 17.5 Å². The topological polar surface area (TPSA) is 104 Å². The van der Waals surface area contributed by atoms with Gasteiger partial charge in [-0.2, -0.15) is 5.10 Å². The fourth-order valence-electron chi connectivity index (χ4n) is 3.98. The minimum Gasteiger partial charge on any atom is -0.480 e. The molecule has 1 aromatic carbocycles. The number of likely N-dealkylation sites (tertiary alicyclic amines) is 1. The molecule has 0 radical (unpaired) electrons. The molecule has 2 aromatic heterocycles. The summed E-state index contributed by atoms with van der Waals surface area (Å²) in [6.45, 7) is 3.08. The van der Waals surface area contributed by atoms with Gasteiger partial charge >= 0.3 is 5.97 Å². The highest BCUT2D eigenvalue weighted by Crippen LogP contribution is 2.27. The van der Waals surface area contributed by atoms with Crippen LogP contribution in [0.5, 0.6) is 0 Å². The van der Waals surface area contributed by atoms with Crippen molar-refractivity contribution in [1.29, 1.82) is 0 Å². The molecule has 1 aliphatic rings. The fraction of sp³-hybridized carbons (Fsp3) is 0.400. The monoisotopic (exact) mass is 381 g/mol. The van der Waals surface area contributed by atoms with E-state index in [4.69, 9.17) is 5.11 Å². The number of nitrogens with one attached hydrogen (secondary N) is 1. The van der Waals surface area contributed by atoms with E-state index in [1.54, 1.807) is 6.20 Å². The van der Waals surface area contributed by atoms with Gasteiger partial charge in [-0.1, -0.05) is 6.07 Å². The zero-order chi connectivity index (χ0) is 19.7. The number of hydrogen-bond donors (Lipinski definition) is 2. The number of fused-ring (bicyclic) bond motifs is 1. The SMILES string of the molecule is Cc1nc2ccc(CC(=O)N3CCC[C@@H](c4ccnn4CC(=O)O)C3)cc2[nH]1. The Morgan fingerprint density at radius 1 is 1.32 bits per heavy atom. The number of H-pyrrole nitrogens is 1. The van der Waals surface area contributed by atoms with Crippen LogP contribution >= 0.6 is 0 Å². The molecule has 0 unspecified atom stereocenters. The Morgan fingerprint density at radius 2 is 2.18 bits per heavy atom. The Morgan fingerprint density at radius 3 is 3.00 bits per heavy atom. The van der Waals surface area contributed by atoms with Crippen LogP contribution < -0.4 is 0 Å². The summed E-state index contributed by atoms with van der Waals surface area (Å²) in [6, 6.07) is 7.72. The van der Waals surface area contributed by atoms with Crippen LogP contribution in [0.4, 0.5) is 0 Å². The molecule has 1 atom stereocenters. The average Bonchev–Trinajstić information content (AvgIpc) is 3.26. The highest BCUT2D eigenvalue weighted by Gasteiger charge is 2.27. The summed E-state index contributed by atoms with van der Waals surface area (Å²) in [7, 11) is 0. The molecule has 28 heavy (non-hydrogen) atoms. The number of aliphatic carboxylic acids is 1. The molecule has 0 aliphatic carbocycles. The van der Waals surface area contributed by atoms with Gasteiger partial charge in [0.1, 0.15) is 12.4 Å². The molecule has 8 heteroatoms. The molecule has 3 heterocycles. The lowest BCUT2D eigenvalue weighted by Crippen LogP contribution is -2.40. The Bertz CT molecular complexity index is 1020. The Labute approximate surface area is 162 Å². The summed E-state index contributed by atoms with van der Waals surface area (Å²) < 4.78 is 1.52. The fourth-order valence-corrected chi connectivity index (χ4v) is 3.98. The standard InChI is InChI=1S/C20H23N5O3/c1-13-22-16-5-4-14(9-17(16)23-13)10-19(26)24-8-2-3-15(11-24)18-6-7-21-25(18)12-20(27)28/h4-7,9,15H,2-3,8,10-12H2,1H3,(H,22,23)(H,27,28)/t15-/m1/s1. The Balaban J connectivity index is 1.45. The van der Waals surface area contributed by atoms with Gasteiger partial charge < -0.3 is 15.0 Å². The lowest BCUT2D eigenvalue weighted by Gasteiger charge is -2.33. The number of aromatic nitrogens is 4. The maximum absolute atomic E-state index is 12.9. The molecule has 1 amide bonds. The predicted octanol–water partition coefficient (Wildman–Crippen LogP) is 2.10. The first-order valence-electron chi connectivity index (χ1n) is 9.46. The van der Waals surface area contributed by atoms with Crippen LogP contribution in [0.15, 0.2) is 30.5 Å². The molecule has 0 bridgehead atoms. The van der Waals surface area contributed by atoms with Crippen LogP contribution in [-0.2, 0) is 22.6 Å². The second-order valence-electron chi connectivity index (χ2n) is 7.34. The number of aryl methyl sites for hydroxylation is 1. The van der Waals surface area contributed by atoms with Crippen molar-refractivity contribution >= 4 is 22.9 Å². The zero-order valence-corrected chi connectivity index (χ0v) is 15.8. The van der Waals surface area contributed by atoms with E-state index < -0.39 is 5.97 Å². The number of nitrogens with zero attached hydrogens (tertiary/aromatic N) is 4. The van der Waals surface area contributed by atoms with Crippen molar-refractivity contribution in [2.75, 3.05) is 13.1 Å². The van der Waals surface area contributed by atoms with Crippen molar-refractivity contribution in [3.8, 4) is 0 Å². The van der Waals surface area contributed by atoms with Gasteiger partial charge in [-0.05, 0) is 43.5 Å². The van der Waals surface area contributed by atoms with Crippen LogP contribution in [0, 0.1) is 6.92 Å².